The van der Waals surface area contributed by atoms with Gasteiger partial charge in [-0.3, -0.25) is 52.5 Å². The van der Waals surface area contributed by atoms with Gasteiger partial charge in [0.05, 0.1) is 38.8 Å². The van der Waals surface area contributed by atoms with Crippen molar-refractivity contribution in [2.45, 2.75) is 263 Å². The van der Waals surface area contributed by atoms with E-state index in [1.165, 1.54) is 74.0 Å². The molecule has 5 amide bonds. The minimum Gasteiger partial charge on any atom is -0.478 e. The number of fused-ring (bicyclic) bond motifs is 6. The first-order valence-corrected chi connectivity index (χ1v) is 50.4. The maximum atomic E-state index is 11.8. The van der Waals surface area contributed by atoms with Gasteiger partial charge in [-0.1, -0.05) is 179 Å². The van der Waals surface area contributed by atoms with Crippen molar-refractivity contribution in [3.8, 4) is 0 Å². The Kier molecular flexibility index (Phi) is 60.2. The van der Waals surface area contributed by atoms with Crippen LogP contribution >= 0.6 is 7.60 Å². The fourth-order valence-corrected chi connectivity index (χ4v) is 18.9. The molecule has 6 N–H and O–H groups in total. The lowest BCUT2D eigenvalue weighted by atomic mass is 9.71. The molecule has 0 radical (unpaired) electrons. The third-order valence-electron chi connectivity index (χ3n) is 27.7. The van der Waals surface area contributed by atoms with E-state index >= 15 is 0 Å². The zero-order chi connectivity index (χ0) is 101. The topological polar surface area (TPSA) is 339 Å². The fraction of sp³-hybridized carbons (Fsp3) is 0.633. The Morgan fingerprint density at radius 1 is 0.474 bits per heavy atom. The normalized spacial score (nSPS) is 28.5. The molecule has 0 spiro atoms. The maximum absolute atomic E-state index is 11.8. The molecule has 4 heterocycles. The summed E-state index contributed by atoms with van der Waals surface area (Å²) in [5.41, 5.74) is 10.2. The van der Waals surface area contributed by atoms with Gasteiger partial charge in [-0.15, -0.1) is 13.2 Å². The summed E-state index contributed by atoms with van der Waals surface area (Å²) in [5, 5.41) is 22.6. The van der Waals surface area contributed by atoms with Crippen LogP contribution in [0.1, 0.15) is 264 Å². The molecule has 23 nitrogen and oxygen atoms in total. The van der Waals surface area contributed by atoms with E-state index in [2.05, 4.69) is 157 Å². The van der Waals surface area contributed by atoms with Gasteiger partial charge in [-0.2, -0.15) is 0 Å². The van der Waals surface area contributed by atoms with Crippen molar-refractivity contribution >= 4 is 78.7 Å². The van der Waals surface area contributed by atoms with Crippen molar-refractivity contribution < 1.29 is 87.2 Å². The van der Waals surface area contributed by atoms with Crippen LogP contribution in [0.2, 0.25) is 0 Å². The number of allylic oxidation sites excluding steroid dienone is 20. The average Bonchev–Trinajstić information content (AvgIpc) is 1.71. The lowest BCUT2D eigenvalue weighted by Gasteiger charge is -2.32. The predicted molar refractivity (Wildman–Crippen MR) is 540 cm³/mol. The Labute approximate surface area is 801 Å². The standard InChI is InChI=1S/3C11H16O.2C10H17NO.3C10H15NO.C8H17O5P.C7H10O2.C6H10O2.C5H8O.H2/c2*1-7-5-9-3-4-11(12)10(9)6-8(7)2;1-4-6-7-11(12)9-8-10(3)5-2;4*1-6-3-8-5-11-10(12)9(8)4-7(6)2;1-4-8-11-10(12)7-6-9(3)5-2;1-4-11-8(9)7-14(10,12-5-2)13-6-3;1-3-6(2)4-5-7(8)9;1-4-5(2)6(7)8-3;1-3-5(2)4-6;/h2*6-7,9-10H,3-5H2,1-2H3;4-5,8-9H,1,6-7H2,2-3H3;2*6-9H,3-5H2,1-2H3,(H,11,12);2*4,6,8-9H,3,5H2,1-2H3,(H,11,12);4-7H,1,8H2,2-3H3,(H,11,12);4-7H2,1-3H3;3-5H,1-2H3,(H,8,9);4H,1-3H3;3-4H,1-2H3;1H/b;;9-8+,10-5+;;;;;7-6+,9-5+;;5-4+,6-3+;5-4+;5-3+;/t7-,9-,10+;7-,9-,10-;;6-,7+,8-,9-;6-,7-,8+,9+;6-,8+,9+;6-,8-,9-;;;;;;/m00.1001....../s1. The van der Waals surface area contributed by atoms with Crippen LogP contribution in [0.4, 0.5) is 0 Å². The predicted octanol–water partition coefficient (Wildman–Crippen LogP) is 21.4. The van der Waals surface area contributed by atoms with Crippen LogP contribution in [0.5, 0.6) is 0 Å². The lowest BCUT2D eigenvalue weighted by molar-refractivity contribution is -0.140. The minimum atomic E-state index is -3.28. The highest BCUT2D eigenvalue weighted by atomic mass is 31.2. The highest BCUT2D eigenvalue weighted by Crippen LogP contribution is 2.49. The number of aldehydes is 1. The third kappa shape index (κ3) is 45.9. The summed E-state index contributed by atoms with van der Waals surface area (Å²) in [4.78, 5) is 131. The van der Waals surface area contributed by atoms with Crippen molar-refractivity contribution in [1.29, 1.82) is 0 Å². The molecule has 0 aromatic rings. The van der Waals surface area contributed by atoms with E-state index in [4.69, 9.17) is 14.2 Å². The molecule has 20 atom stereocenters. The number of nitrogens with one attached hydrogen (secondary N) is 5. The molecule has 4 aliphatic heterocycles. The van der Waals surface area contributed by atoms with E-state index in [0.717, 1.165) is 129 Å². The number of carboxylic acid groups (broad SMARTS) is 1. The molecule has 748 valence electrons. The van der Waals surface area contributed by atoms with Crippen molar-refractivity contribution in [1.82, 2.24) is 26.6 Å². The Bertz CT molecular complexity index is 3940. The maximum Gasteiger partial charge on any atom is 0.341 e. The van der Waals surface area contributed by atoms with Crippen LogP contribution in [0.15, 0.2) is 167 Å². The molecular weight excluding hydrogens is 1700 g/mol. The van der Waals surface area contributed by atoms with E-state index < -0.39 is 19.5 Å². The van der Waals surface area contributed by atoms with Gasteiger partial charge in [0.1, 0.15) is 24.0 Å². The van der Waals surface area contributed by atoms with E-state index in [9.17, 15) is 62.1 Å². The summed E-state index contributed by atoms with van der Waals surface area (Å²) >= 11 is 0. The van der Waals surface area contributed by atoms with Crippen LogP contribution < -0.4 is 26.6 Å². The zero-order valence-corrected chi connectivity index (χ0v) is 86.8. The molecule has 133 heavy (non-hydrogen) atoms. The first kappa shape index (κ1) is 122. The summed E-state index contributed by atoms with van der Waals surface area (Å²) in [6.07, 6.45) is 46.1. The van der Waals surface area contributed by atoms with Crippen LogP contribution in [-0.4, -0.2) is 142 Å². The number of carbonyl (C=O) groups is 12. The molecule has 12 rings (SSSR count). The first-order valence-electron chi connectivity index (χ1n) is 48.7. The number of carbonyl (C=O) groups excluding carboxylic acids is 11. The molecule has 12 aliphatic rings. The van der Waals surface area contributed by atoms with E-state index in [0.29, 0.717) is 125 Å². The van der Waals surface area contributed by atoms with Gasteiger partial charge in [0, 0.05) is 94.8 Å². The molecule has 8 aliphatic carbocycles. The van der Waals surface area contributed by atoms with Crippen LogP contribution in [0, 0.1) is 118 Å². The number of ketones is 3. The molecular formula is C109H174N5O18P. The van der Waals surface area contributed by atoms with E-state index in [1.807, 2.05) is 72.8 Å². The van der Waals surface area contributed by atoms with Gasteiger partial charge in [-0.05, 0) is 283 Å². The van der Waals surface area contributed by atoms with Gasteiger partial charge < -0.3 is 50.2 Å². The first-order chi connectivity index (χ1) is 62.8. The molecule has 0 unspecified atom stereocenters. The SMILES string of the molecule is C/C=C(C)/C=C/C(=O)O.C/C=C(\C)C(=O)OC.C/C=C(\C)C=O.C=CCCC(=O)/C=C/C(C)=C/C.C=CCNC(=O)/C=C/C(C)=C/C.CC1=C[C@@H]2C(=O)CC[C@H]2C[C@@H]1C.CC1=C[C@H]2C(=O)CC[C@H]2C[C@@H]1C.CC1=C[C@H]2C(=O)NC[C@H]2C[C@@H]1C.CC1=C[C@H]2C(=O)NC[C@H]2C[C@H]1C.CCOC(=O)CP(=O)(OCC)OCC.C[C@@H]1C[C@@H]2CNC(=O)[C@@H]2C[C@@H]1C.C[C@H]1C[C@@H]2CNC(=O)[C@@H]2C[C@@H]1C.[HH]. The monoisotopic (exact) mass is 1870 g/mol. The van der Waals surface area contributed by atoms with Crippen molar-refractivity contribution in [2.24, 2.45) is 118 Å². The summed E-state index contributed by atoms with van der Waals surface area (Å²) in [7, 11) is -1.91. The zero-order valence-electron chi connectivity index (χ0n) is 86.0. The largest absolute Gasteiger partial charge is 0.478 e. The number of esters is 2. The highest BCUT2D eigenvalue weighted by molar-refractivity contribution is 7.54. The molecule has 4 saturated carbocycles. The number of methoxy groups -OCH3 is 1. The molecule has 0 bridgehead atoms. The summed E-state index contributed by atoms with van der Waals surface area (Å²) in [6, 6.07) is 0. The van der Waals surface area contributed by atoms with Gasteiger partial charge in [0.25, 0.3) is 0 Å². The average molecular weight is 1870 g/mol. The van der Waals surface area contributed by atoms with Crippen LogP contribution in [0.3, 0.4) is 0 Å². The number of hydrogen-bond donors (Lipinski definition) is 6. The van der Waals surface area contributed by atoms with Crippen molar-refractivity contribution in [2.75, 3.05) is 65.8 Å². The smallest absolute Gasteiger partial charge is 0.341 e. The molecule has 4 saturated heterocycles. The minimum absolute atomic E-state index is 0. The van der Waals surface area contributed by atoms with Gasteiger partial charge in [0.15, 0.2) is 5.78 Å². The van der Waals surface area contributed by atoms with Gasteiger partial charge >= 0.3 is 25.5 Å². The molecule has 0 aromatic carbocycles. The number of amides is 5. The van der Waals surface area contributed by atoms with Gasteiger partial charge in [-0.25, -0.2) is 9.59 Å². The number of ether oxygens (including phenoxy) is 2. The molecule has 8 fully saturated rings. The number of rotatable bonds is 20. The third-order valence-corrected chi connectivity index (χ3v) is 29.6. The quantitative estimate of drug-likeness (QED) is 0.0165. The lowest BCUT2D eigenvalue weighted by Crippen LogP contribution is -2.30. The second-order valence-electron chi connectivity index (χ2n) is 37.7. The van der Waals surface area contributed by atoms with Crippen molar-refractivity contribution in [3.05, 3.63) is 167 Å². The fourth-order valence-electron chi connectivity index (χ4n) is 17.4. The number of hydrogen-bond acceptors (Lipinski definition) is 17. The van der Waals surface area contributed by atoms with E-state index in [-0.39, 0.29) is 68.7 Å². The number of Topliss-reactive ketones (excluding diaryl/α,β-unsaturated/α-hetero) is 2. The summed E-state index contributed by atoms with van der Waals surface area (Å²) < 4.78 is 30.6. The summed E-state index contributed by atoms with van der Waals surface area (Å²) in [5.74, 6) is 11.6. The Morgan fingerprint density at radius 3 is 1.17 bits per heavy atom. The summed E-state index contributed by atoms with van der Waals surface area (Å²) in [6.45, 7) is 62.4. The number of carboxylic acids is 1. The molecule has 24 heteroatoms. The van der Waals surface area contributed by atoms with Crippen LogP contribution in [0.25, 0.3) is 0 Å². The van der Waals surface area contributed by atoms with Gasteiger partial charge in [0.2, 0.25) is 29.5 Å². The second kappa shape index (κ2) is 65.6. The van der Waals surface area contributed by atoms with E-state index in [1.54, 1.807) is 84.1 Å². The van der Waals surface area contributed by atoms with Crippen LogP contribution in [-0.2, 0) is 80.6 Å². The second-order valence-corrected chi connectivity index (χ2v) is 39.8. The molecule has 0 aromatic heterocycles. The Balaban J connectivity index is 0.00000145. The number of aliphatic carboxylic acids is 1. The highest BCUT2D eigenvalue weighted by Gasteiger charge is 2.44. The Hall–Kier alpha value is -9.05. The Morgan fingerprint density at radius 2 is 0.835 bits per heavy atom. The van der Waals surface area contributed by atoms with Crippen molar-refractivity contribution in [3.63, 3.8) is 0 Å².